The van der Waals surface area contributed by atoms with Gasteiger partial charge in [0.15, 0.2) is 0 Å². The van der Waals surface area contributed by atoms with Crippen molar-refractivity contribution in [3.05, 3.63) is 17.6 Å². The Labute approximate surface area is 103 Å². The second-order valence-corrected chi connectivity index (χ2v) is 4.92. The molecule has 94 valence electrons. The number of nitrogens with zero attached hydrogens (tertiary/aromatic N) is 3. The molecule has 0 amide bonds. The molecule has 4 nitrogen and oxygen atoms in total. The van der Waals surface area contributed by atoms with E-state index in [1.165, 1.54) is 12.8 Å². The Kier molecular flexibility index (Phi) is 3.94. The monoisotopic (exact) mass is 234 g/mol. The fraction of sp³-hybridized carbons (Fsp3) is 0.692. The number of hydrogen-bond acceptors (Lipinski definition) is 4. The van der Waals surface area contributed by atoms with E-state index in [0.29, 0.717) is 0 Å². The normalized spacial score (nSPS) is 17.5. The van der Waals surface area contributed by atoms with Crippen LogP contribution in [0.5, 0.6) is 0 Å². The maximum absolute atomic E-state index is 5.61. The van der Waals surface area contributed by atoms with E-state index in [2.05, 4.69) is 20.9 Å². The van der Waals surface area contributed by atoms with Gasteiger partial charge in [0.1, 0.15) is 11.6 Å². The van der Waals surface area contributed by atoms with Crippen molar-refractivity contribution in [2.75, 3.05) is 24.5 Å². The molecule has 2 rings (SSSR count). The molecule has 17 heavy (non-hydrogen) atoms. The zero-order chi connectivity index (χ0) is 12.3. The van der Waals surface area contributed by atoms with Crippen LogP contribution in [-0.4, -0.2) is 29.6 Å². The van der Waals surface area contributed by atoms with Crippen molar-refractivity contribution in [3.8, 4) is 0 Å². The number of aromatic nitrogens is 2. The summed E-state index contributed by atoms with van der Waals surface area (Å²) in [6.45, 7) is 6.99. The summed E-state index contributed by atoms with van der Waals surface area (Å²) in [4.78, 5) is 11.2. The van der Waals surface area contributed by atoms with E-state index >= 15 is 0 Å². The minimum atomic E-state index is 0.806. The molecule has 0 unspecified atom stereocenters. The van der Waals surface area contributed by atoms with Gasteiger partial charge < -0.3 is 10.6 Å². The highest BCUT2D eigenvalue weighted by Gasteiger charge is 2.19. The molecule has 0 radical (unpaired) electrons. The zero-order valence-corrected chi connectivity index (χ0v) is 10.8. The van der Waals surface area contributed by atoms with E-state index in [4.69, 9.17) is 5.73 Å². The summed E-state index contributed by atoms with van der Waals surface area (Å²) in [7, 11) is 0. The highest BCUT2D eigenvalue weighted by atomic mass is 15.2. The van der Waals surface area contributed by atoms with Crippen LogP contribution in [0.2, 0.25) is 0 Å². The van der Waals surface area contributed by atoms with Gasteiger partial charge >= 0.3 is 0 Å². The summed E-state index contributed by atoms with van der Waals surface area (Å²) in [5.41, 5.74) is 6.66. The Hall–Kier alpha value is -1.16. The van der Waals surface area contributed by atoms with Crippen molar-refractivity contribution in [1.29, 1.82) is 0 Å². The Bertz CT molecular complexity index is 349. The topological polar surface area (TPSA) is 55.0 Å². The molecule has 1 aliphatic rings. The van der Waals surface area contributed by atoms with Gasteiger partial charge in [0.2, 0.25) is 0 Å². The fourth-order valence-corrected chi connectivity index (χ4v) is 2.55. The number of rotatable bonds is 3. The highest BCUT2D eigenvalue weighted by molar-refractivity contribution is 5.40. The summed E-state index contributed by atoms with van der Waals surface area (Å²) in [6, 6.07) is 2.08. The Balaban J connectivity index is 2.00. The maximum atomic E-state index is 5.61. The van der Waals surface area contributed by atoms with Gasteiger partial charge in [-0.1, -0.05) is 0 Å². The number of piperidine rings is 1. The van der Waals surface area contributed by atoms with Crippen molar-refractivity contribution in [2.45, 2.75) is 33.1 Å². The molecule has 0 aromatic carbocycles. The third-order valence-electron chi connectivity index (χ3n) is 3.47. The molecular formula is C13H22N4. The molecule has 2 heterocycles. The van der Waals surface area contributed by atoms with E-state index in [1.807, 2.05) is 13.8 Å². The first-order valence-corrected chi connectivity index (χ1v) is 6.46. The van der Waals surface area contributed by atoms with Crippen molar-refractivity contribution in [1.82, 2.24) is 9.97 Å². The molecule has 0 spiro atoms. The van der Waals surface area contributed by atoms with E-state index in [-0.39, 0.29) is 0 Å². The molecular weight excluding hydrogens is 212 g/mol. The summed E-state index contributed by atoms with van der Waals surface area (Å²) >= 11 is 0. The predicted molar refractivity (Wildman–Crippen MR) is 70.1 cm³/mol. The quantitative estimate of drug-likeness (QED) is 0.864. The average molecular weight is 234 g/mol. The summed E-state index contributed by atoms with van der Waals surface area (Å²) in [6.07, 6.45) is 3.63. The number of hydrogen-bond donors (Lipinski definition) is 1. The molecule has 1 fully saturated rings. The van der Waals surface area contributed by atoms with E-state index in [9.17, 15) is 0 Å². The highest BCUT2D eigenvalue weighted by Crippen LogP contribution is 2.23. The molecule has 1 saturated heterocycles. The van der Waals surface area contributed by atoms with Crippen LogP contribution >= 0.6 is 0 Å². The van der Waals surface area contributed by atoms with E-state index < -0.39 is 0 Å². The molecule has 0 saturated carbocycles. The van der Waals surface area contributed by atoms with E-state index in [0.717, 1.165) is 49.3 Å². The molecule has 4 heteroatoms. The van der Waals surface area contributed by atoms with Gasteiger partial charge in [-0.25, -0.2) is 9.97 Å². The Morgan fingerprint density at radius 2 is 2.00 bits per heavy atom. The number of nitrogens with two attached hydrogens (primary N) is 1. The predicted octanol–water partition coefficient (Wildman–Crippen LogP) is 1.66. The van der Waals surface area contributed by atoms with E-state index in [1.54, 1.807) is 0 Å². The van der Waals surface area contributed by atoms with Crippen molar-refractivity contribution in [2.24, 2.45) is 11.7 Å². The molecule has 2 N–H and O–H groups in total. The molecule has 1 aromatic heterocycles. The van der Waals surface area contributed by atoms with Gasteiger partial charge in [0.25, 0.3) is 0 Å². The van der Waals surface area contributed by atoms with Crippen LogP contribution in [0.1, 0.15) is 30.8 Å². The first-order valence-electron chi connectivity index (χ1n) is 6.46. The van der Waals surface area contributed by atoms with Gasteiger partial charge in [-0.3, -0.25) is 0 Å². The van der Waals surface area contributed by atoms with Gasteiger partial charge in [-0.05, 0) is 45.6 Å². The van der Waals surface area contributed by atoms with Gasteiger partial charge in [0.05, 0.1) is 0 Å². The van der Waals surface area contributed by atoms with Crippen molar-refractivity contribution >= 4 is 5.82 Å². The van der Waals surface area contributed by atoms with Crippen LogP contribution < -0.4 is 10.6 Å². The van der Waals surface area contributed by atoms with Gasteiger partial charge in [-0.2, -0.15) is 0 Å². The molecule has 0 bridgehead atoms. The summed E-state index contributed by atoms with van der Waals surface area (Å²) in [5, 5.41) is 0. The first kappa shape index (κ1) is 12.3. The van der Waals surface area contributed by atoms with Crippen molar-refractivity contribution in [3.63, 3.8) is 0 Å². The fourth-order valence-electron chi connectivity index (χ4n) is 2.55. The second kappa shape index (κ2) is 5.45. The second-order valence-electron chi connectivity index (χ2n) is 4.92. The first-order chi connectivity index (χ1) is 8.19. The molecule has 1 aliphatic heterocycles. The van der Waals surface area contributed by atoms with Gasteiger partial charge in [-0.15, -0.1) is 0 Å². The third kappa shape index (κ3) is 3.16. The SMILES string of the molecule is Cc1cc(N2CCC(CCN)CC2)nc(C)n1. The van der Waals surface area contributed by atoms with Crippen LogP contribution in [0.25, 0.3) is 0 Å². The lowest BCUT2D eigenvalue weighted by Crippen LogP contribution is -2.35. The summed E-state index contributed by atoms with van der Waals surface area (Å²) in [5.74, 6) is 2.76. The zero-order valence-electron chi connectivity index (χ0n) is 10.8. The van der Waals surface area contributed by atoms with Crippen LogP contribution in [-0.2, 0) is 0 Å². The van der Waals surface area contributed by atoms with Crippen LogP contribution in [0, 0.1) is 19.8 Å². The third-order valence-corrected chi connectivity index (χ3v) is 3.47. The Morgan fingerprint density at radius 3 is 2.59 bits per heavy atom. The Morgan fingerprint density at radius 1 is 1.29 bits per heavy atom. The largest absolute Gasteiger partial charge is 0.356 e. The minimum absolute atomic E-state index is 0.806. The van der Waals surface area contributed by atoms with Gasteiger partial charge in [0, 0.05) is 24.8 Å². The van der Waals surface area contributed by atoms with Crippen LogP contribution in [0.15, 0.2) is 6.07 Å². The molecule has 0 atom stereocenters. The molecule has 1 aromatic rings. The standard InChI is InChI=1S/C13H22N4/c1-10-9-13(16-11(2)15-10)17-7-4-12(3-6-14)5-8-17/h9,12H,3-8,14H2,1-2H3. The van der Waals surface area contributed by atoms with Crippen LogP contribution in [0.3, 0.4) is 0 Å². The lowest BCUT2D eigenvalue weighted by Gasteiger charge is -2.32. The van der Waals surface area contributed by atoms with Crippen molar-refractivity contribution < 1.29 is 0 Å². The molecule has 0 aliphatic carbocycles. The number of aryl methyl sites for hydroxylation is 2. The maximum Gasteiger partial charge on any atom is 0.132 e. The number of anilines is 1. The van der Waals surface area contributed by atoms with Crippen LogP contribution in [0.4, 0.5) is 5.82 Å². The lowest BCUT2D eigenvalue weighted by molar-refractivity contribution is 0.385. The minimum Gasteiger partial charge on any atom is -0.356 e. The lowest BCUT2D eigenvalue weighted by atomic mass is 9.94. The average Bonchev–Trinajstić information content (AvgIpc) is 2.29. The smallest absolute Gasteiger partial charge is 0.132 e. The summed E-state index contributed by atoms with van der Waals surface area (Å²) < 4.78 is 0.